The summed E-state index contributed by atoms with van der Waals surface area (Å²) in [7, 11) is 0. The summed E-state index contributed by atoms with van der Waals surface area (Å²) in [5.41, 5.74) is -0.0962. The van der Waals surface area contributed by atoms with Crippen molar-refractivity contribution in [1.29, 1.82) is 0 Å². The Morgan fingerprint density at radius 3 is 1.18 bits per heavy atom. The van der Waals surface area contributed by atoms with Crippen molar-refractivity contribution in [1.82, 2.24) is 0 Å². The molecule has 0 bridgehead atoms. The molecule has 0 aliphatic heterocycles. The molecule has 0 aromatic heterocycles. The first kappa shape index (κ1) is 11.6. The maximum atomic E-state index is 5.51. The average Bonchev–Trinajstić information content (AvgIpc) is 1.55. The van der Waals surface area contributed by atoms with Crippen LogP contribution in [-0.2, 0) is 6.13 Å². The molecule has 11 heavy (non-hydrogen) atoms. The molecule has 0 aromatic carbocycles. The molecule has 0 fully saturated rings. The zero-order valence-corrected chi connectivity index (χ0v) is 10.6. The number of hydrogen-bond acceptors (Lipinski definition) is 2. The van der Waals surface area contributed by atoms with E-state index in [0.717, 1.165) is 0 Å². The topological polar surface area (TPSA) is 18.5 Å². The van der Waals surface area contributed by atoms with Gasteiger partial charge in [0, 0.05) is 0 Å². The van der Waals surface area contributed by atoms with Gasteiger partial charge in [-0.2, -0.15) is 0 Å². The van der Waals surface area contributed by atoms with E-state index in [0.29, 0.717) is 0 Å². The average molecular weight is 274 g/mol. The van der Waals surface area contributed by atoms with Crippen molar-refractivity contribution in [2.24, 2.45) is 0 Å². The monoisotopic (exact) mass is 274 g/mol. The Kier molecular flexibility index (Phi) is 4.29. The van der Waals surface area contributed by atoms with Crippen molar-refractivity contribution in [3.63, 3.8) is 0 Å². The van der Waals surface area contributed by atoms with E-state index < -0.39 is 22.0 Å². The Morgan fingerprint density at radius 1 is 0.727 bits per heavy atom. The molecule has 0 atom stereocenters. The predicted molar refractivity (Wildman–Crippen MR) is 57.1 cm³/mol. The third-order valence-corrected chi connectivity index (χ3v) is 3.81. The molecule has 0 aromatic rings. The van der Waals surface area contributed by atoms with Gasteiger partial charge in [0.1, 0.15) is 0 Å². The van der Waals surface area contributed by atoms with Crippen molar-refractivity contribution in [3.8, 4) is 0 Å². The van der Waals surface area contributed by atoms with Crippen molar-refractivity contribution in [2.75, 3.05) is 0 Å². The molecule has 0 heterocycles. The SMILES string of the molecule is CC(C)(C)O[IH]OC(C)(C)C. The number of halogens is 1. The summed E-state index contributed by atoms with van der Waals surface area (Å²) in [6.07, 6.45) is 0. The second-order valence-electron chi connectivity index (χ2n) is 4.46. The van der Waals surface area contributed by atoms with Crippen molar-refractivity contribution in [3.05, 3.63) is 0 Å². The van der Waals surface area contributed by atoms with Crippen LogP contribution in [0.5, 0.6) is 0 Å². The Hall–Kier alpha value is 0.650. The summed E-state index contributed by atoms with van der Waals surface area (Å²) in [6.45, 7) is 12.3. The number of rotatable bonds is 2. The summed E-state index contributed by atoms with van der Waals surface area (Å²) in [4.78, 5) is 0. The fraction of sp³-hybridized carbons (Fsp3) is 1.00. The minimum atomic E-state index is -0.723. The van der Waals surface area contributed by atoms with Crippen molar-refractivity contribution in [2.45, 2.75) is 52.7 Å². The van der Waals surface area contributed by atoms with E-state index in [1.54, 1.807) is 0 Å². The molecule has 0 N–H and O–H groups in total. The van der Waals surface area contributed by atoms with Gasteiger partial charge in [0.2, 0.25) is 0 Å². The molecule has 3 heteroatoms. The Labute approximate surface area is 81.0 Å². The Morgan fingerprint density at radius 2 is 1.00 bits per heavy atom. The molecule has 0 amide bonds. The molecule has 70 valence electrons. The van der Waals surface area contributed by atoms with Gasteiger partial charge >= 0.3 is 80.9 Å². The molecule has 0 saturated heterocycles. The molecule has 0 rings (SSSR count). The molecule has 0 spiro atoms. The van der Waals surface area contributed by atoms with Crippen molar-refractivity contribution >= 4 is 22.0 Å². The summed E-state index contributed by atoms with van der Waals surface area (Å²) >= 11 is -0.723. The molecule has 0 aliphatic carbocycles. The second-order valence-corrected chi connectivity index (χ2v) is 5.80. The van der Waals surface area contributed by atoms with Gasteiger partial charge in [-0.25, -0.2) is 0 Å². The molecular weight excluding hydrogens is 255 g/mol. The molecule has 0 aliphatic rings. The van der Waals surface area contributed by atoms with Crippen LogP contribution in [0.25, 0.3) is 0 Å². The van der Waals surface area contributed by atoms with Gasteiger partial charge in [-0.05, 0) is 0 Å². The van der Waals surface area contributed by atoms with Crippen molar-refractivity contribution < 1.29 is 6.13 Å². The van der Waals surface area contributed by atoms with Crippen LogP contribution in [0.3, 0.4) is 0 Å². The Bertz CT molecular complexity index is 96.2. The van der Waals surface area contributed by atoms with E-state index >= 15 is 0 Å². The fourth-order valence-electron chi connectivity index (χ4n) is 0.221. The zero-order chi connectivity index (χ0) is 9.12. The molecule has 2 nitrogen and oxygen atoms in total. The fourth-order valence-corrected chi connectivity index (χ4v) is 1.48. The van der Waals surface area contributed by atoms with Crippen LogP contribution in [-0.4, -0.2) is 11.2 Å². The molecule has 0 saturated carbocycles. The van der Waals surface area contributed by atoms with Crippen LogP contribution < -0.4 is 0 Å². The van der Waals surface area contributed by atoms with E-state index in [4.69, 9.17) is 6.13 Å². The van der Waals surface area contributed by atoms with Gasteiger partial charge in [-0.1, -0.05) is 0 Å². The first-order valence-corrected chi connectivity index (χ1v) is 5.64. The summed E-state index contributed by atoms with van der Waals surface area (Å²) in [6, 6.07) is 0. The van der Waals surface area contributed by atoms with E-state index in [-0.39, 0.29) is 11.2 Å². The van der Waals surface area contributed by atoms with Crippen LogP contribution in [0, 0.1) is 0 Å². The van der Waals surface area contributed by atoms with Gasteiger partial charge in [0.15, 0.2) is 0 Å². The molecule has 0 unspecified atom stereocenters. The van der Waals surface area contributed by atoms with Crippen LogP contribution in [0.2, 0.25) is 0 Å². The van der Waals surface area contributed by atoms with E-state index in [1.807, 2.05) is 41.5 Å². The van der Waals surface area contributed by atoms with E-state index in [1.165, 1.54) is 0 Å². The first-order valence-electron chi connectivity index (χ1n) is 3.74. The maximum absolute atomic E-state index is 5.51. The van der Waals surface area contributed by atoms with Gasteiger partial charge in [0.25, 0.3) is 0 Å². The predicted octanol–water partition coefficient (Wildman–Crippen LogP) is 3.15. The quantitative estimate of drug-likeness (QED) is 0.720. The third kappa shape index (κ3) is 10.7. The summed E-state index contributed by atoms with van der Waals surface area (Å²) < 4.78 is 11.0. The normalized spacial score (nSPS) is 14.0. The molecule has 0 radical (unpaired) electrons. The van der Waals surface area contributed by atoms with Crippen LogP contribution >= 0.6 is 22.0 Å². The Balaban J connectivity index is 3.44. The first-order chi connectivity index (χ1) is 4.71. The summed E-state index contributed by atoms with van der Waals surface area (Å²) in [5.74, 6) is 0. The second kappa shape index (κ2) is 4.05. The van der Waals surface area contributed by atoms with Gasteiger partial charge in [-0.3, -0.25) is 0 Å². The van der Waals surface area contributed by atoms with Crippen LogP contribution in [0.4, 0.5) is 0 Å². The van der Waals surface area contributed by atoms with Crippen LogP contribution in [0.15, 0.2) is 0 Å². The van der Waals surface area contributed by atoms with E-state index in [9.17, 15) is 0 Å². The summed E-state index contributed by atoms with van der Waals surface area (Å²) in [5, 5.41) is 0. The number of hydrogen-bond donors (Lipinski definition) is 0. The van der Waals surface area contributed by atoms with Gasteiger partial charge in [-0.15, -0.1) is 0 Å². The standard InChI is InChI=1S/C8H19IO2/c1-7(2,3)10-9-11-8(4,5)6/h9H,1-6H3. The molecular formula is C8H19IO2. The van der Waals surface area contributed by atoms with Gasteiger partial charge < -0.3 is 0 Å². The minimum absolute atomic E-state index is 0.0481. The third-order valence-electron chi connectivity index (χ3n) is 0.568. The van der Waals surface area contributed by atoms with E-state index in [2.05, 4.69) is 0 Å². The van der Waals surface area contributed by atoms with Gasteiger partial charge in [0.05, 0.1) is 0 Å². The van der Waals surface area contributed by atoms with Crippen LogP contribution in [0.1, 0.15) is 41.5 Å². The zero-order valence-electron chi connectivity index (χ0n) is 8.22.